The van der Waals surface area contributed by atoms with Crippen molar-refractivity contribution in [2.45, 2.75) is 39.3 Å². The third-order valence-electron chi connectivity index (χ3n) is 6.67. The van der Waals surface area contributed by atoms with E-state index in [1.54, 1.807) is 10.4 Å². The molecule has 0 unspecified atom stereocenters. The number of rotatable bonds is 2. The van der Waals surface area contributed by atoms with Gasteiger partial charge in [0.1, 0.15) is 0 Å². The Balaban J connectivity index is 2.27. The van der Waals surface area contributed by atoms with Gasteiger partial charge in [-0.25, -0.2) is 0 Å². The van der Waals surface area contributed by atoms with Crippen molar-refractivity contribution in [2.75, 3.05) is 0 Å². The first-order chi connectivity index (χ1) is 15.1. The Morgan fingerprint density at radius 3 is 1.78 bits per heavy atom. The van der Waals surface area contributed by atoms with Gasteiger partial charge in [0.25, 0.3) is 0 Å². The molecule has 0 amide bonds. The number of hydrogen-bond acceptors (Lipinski definition) is 0. The van der Waals surface area contributed by atoms with Gasteiger partial charge >= 0.3 is 0 Å². The van der Waals surface area contributed by atoms with E-state index in [4.69, 9.17) is 6.42 Å². The van der Waals surface area contributed by atoms with Crippen molar-refractivity contribution < 1.29 is 0 Å². The zero-order chi connectivity index (χ0) is 22.8. The molecule has 0 N–H and O–H groups in total. The smallest absolute Gasteiger partial charge is 0.0792 e. The highest BCUT2D eigenvalue weighted by Crippen LogP contribution is 2.35. The molecule has 32 heavy (non-hydrogen) atoms. The lowest BCUT2D eigenvalue weighted by atomic mass is 9.93. The fraction of sp³-hybridized carbons (Fsp3) is 0.200. The molecule has 5 aromatic carbocycles. The molecule has 0 heterocycles. The predicted octanol–water partition coefficient (Wildman–Crippen LogP) is 7.37. The fourth-order valence-corrected chi connectivity index (χ4v) is 9.61. The lowest BCUT2D eigenvalue weighted by Crippen LogP contribution is -2.44. The Hall–Kier alpha value is -2.87. The van der Waals surface area contributed by atoms with Crippen LogP contribution in [0.15, 0.2) is 66.7 Å². The largest absolute Gasteiger partial charge is 0.115 e. The topological polar surface area (TPSA) is 0 Å². The molecule has 5 rings (SSSR count). The minimum atomic E-state index is -1.77. The van der Waals surface area contributed by atoms with E-state index < -0.39 is 16.1 Å². The Morgan fingerprint density at radius 1 is 0.531 bits per heavy atom. The van der Waals surface area contributed by atoms with Gasteiger partial charge in [0.05, 0.1) is 16.1 Å². The number of terminal acetylenes is 1. The Morgan fingerprint density at radius 2 is 1.12 bits per heavy atom. The Bertz CT molecular complexity index is 1590. The van der Waals surface area contributed by atoms with Gasteiger partial charge in [-0.3, -0.25) is 0 Å². The first kappa shape index (κ1) is 21.0. The van der Waals surface area contributed by atoms with Crippen LogP contribution < -0.4 is 10.4 Å². The van der Waals surface area contributed by atoms with Gasteiger partial charge in [-0.1, -0.05) is 106 Å². The Labute approximate surface area is 193 Å². The van der Waals surface area contributed by atoms with Crippen LogP contribution in [-0.2, 0) is 0 Å². The minimum absolute atomic E-state index is 1.01. The van der Waals surface area contributed by atoms with Crippen molar-refractivity contribution >= 4 is 69.6 Å². The van der Waals surface area contributed by atoms with Gasteiger partial charge < -0.3 is 0 Å². The van der Waals surface area contributed by atoms with Crippen molar-refractivity contribution in [2.24, 2.45) is 0 Å². The summed E-state index contributed by atoms with van der Waals surface area (Å²) in [6, 6.07) is 24.7. The van der Waals surface area contributed by atoms with E-state index in [1.807, 2.05) is 0 Å². The van der Waals surface area contributed by atoms with Gasteiger partial charge in [-0.15, -0.1) is 6.42 Å². The van der Waals surface area contributed by atoms with Crippen LogP contribution in [0, 0.1) is 12.3 Å². The first-order valence-electron chi connectivity index (χ1n) is 11.4. The molecule has 5 aromatic rings. The minimum Gasteiger partial charge on any atom is -0.115 e. The Kier molecular flexibility index (Phi) is 4.64. The molecule has 2 heteroatoms. The van der Waals surface area contributed by atoms with Crippen molar-refractivity contribution in [3.05, 3.63) is 72.3 Å². The fourth-order valence-electron chi connectivity index (χ4n) is 5.54. The molecule has 0 nitrogen and oxygen atoms in total. The summed E-state index contributed by atoms with van der Waals surface area (Å²) in [4.78, 5) is 0. The van der Waals surface area contributed by atoms with Crippen molar-refractivity contribution in [1.82, 2.24) is 0 Å². The molecule has 0 saturated carbocycles. The molecule has 0 fully saturated rings. The highest BCUT2D eigenvalue weighted by molar-refractivity contribution is 6.96. The highest BCUT2D eigenvalue weighted by Gasteiger charge is 2.31. The summed E-state index contributed by atoms with van der Waals surface area (Å²) < 4.78 is 0. The molecule has 0 aromatic heterocycles. The van der Waals surface area contributed by atoms with E-state index in [0.29, 0.717) is 0 Å². The standard InChI is InChI=1S/C30H30Si2/c1-8-20-13-11-14-22-17-19-25-28(26(20)22)30(32(5,6)7)27-23-15-10-9-12-21(23)16-18-24(27)29(25)31(2,3)4/h1,9-19H,2-7H3. The third-order valence-corrected chi connectivity index (χ3v) is 10.7. The van der Waals surface area contributed by atoms with E-state index in [-0.39, 0.29) is 0 Å². The molecule has 0 aliphatic rings. The van der Waals surface area contributed by atoms with Crippen LogP contribution >= 0.6 is 0 Å². The summed E-state index contributed by atoms with van der Waals surface area (Å²) in [6.45, 7) is 14.9. The van der Waals surface area contributed by atoms with Crippen LogP contribution in [0.4, 0.5) is 0 Å². The number of fused-ring (bicyclic) bond motifs is 6. The second-order valence-corrected chi connectivity index (χ2v) is 21.0. The van der Waals surface area contributed by atoms with E-state index in [2.05, 4.69) is 112 Å². The normalized spacial score (nSPS) is 12.7. The third kappa shape index (κ3) is 3.04. The maximum atomic E-state index is 6.06. The molecule has 0 radical (unpaired) electrons. The van der Waals surface area contributed by atoms with Gasteiger partial charge in [-0.05, 0) is 54.1 Å². The molecule has 0 spiro atoms. The van der Waals surface area contributed by atoms with Crippen LogP contribution in [-0.4, -0.2) is 16.1 Å². The molecular formula is C30H30Si2. The van der Waals surface area contributed by atoms with Crippen molar-refractivity contribution in [3.8, 4) is 12.3 Å². The maximum absolute atomic E-state index is 6.06. The second-order valence-electron chi connectivity index (χ2n) is 11.0. The van der Waals surface area contributed by atoms with Gasteiger partial charge in [0, 0.05) is 10.9 Å². The predicted molar refractivity (Wildman–Crippen MR) is 150 cm³/mol. The van der Waals surface area contributed by atoms with Gasteiger partial charge in [-0.2, -0.15) is 0 Å². The molecule has 0 aliphatic carbocycles. The average molecular weight is 447 g/mol. The second kappa shape index (κ2) is 7.07. The van der Waals surface area contributed by atoms with E-state index in [9.17, 15) is 0 Å². The zero-order valence-corrected chi connectivity index (χ0v) is 21.9. The zero-order valence-electron chi connectivity index (χ0n) is 19.9. The molecule has 0 atom stereocenters. The summed E-state index contributed by atoms with van der Waals surface area (Å²) in [5.74, 6) is 3.01. The summed E-state index contributed by atoms with van der Waals surface area (Å²) in [6.07, 6.45) is 6.06. The first-order valence-corrected chi connectivity index (χ1v) is 18.4. The summed E-state index contributed by atoms with van der Waals surface area (Å²) in [5.41, 5.74) is 1.01. The lowest BCUT2D eigenvalue weighted by Gasteiger charge is -2.30. The summed E-state index contributed by atoms with van der Waals surface area (Å²) >= 11 is 0. The van der Waals surface area contributed by atoms with Crippen LogP contribution in [0.2, 0.25) is 39.3 Å². The van der Waals surface area contributed by atoms with Gasteiger partial charge in [0.15, 0.2) is 0 Å². The molecular weight excluding hydrogens is 417 g/mol. The van der Waals surface area contributed by atoms with Crippen molar-refractivity contribution in [1.29, 1.82) is 0 Å². The lowest BCUT2D eigenvalue weighted by molar-refractivity contribution is 1.72. The average Bonchev–Trinajstić information content (AvgIpc) is 2.74. The van der Waals surface area contributed by atoms with Crippen LogP contribution in [0.25, 0.3) is 43.1 Å². The van der Waals surface area contributed by atoms with E-state index >= 15 is 0 Å². The quantitative estimate of drug-likeness (QED) is 0.115. The molecule has 0 aliphatic heterocycles. The maximum Gasteiger partial charge on any atom is 0.0792 e. The monoisotopic (exact) mass is 446 g/mol. The van der Waals surface area contributed by atoms with Gasteiger partial charge in [0.2, 0.25) is 0 Å². The van der Waals surface area contributed by atoms with E-state index in [0.717, 1.165) is 5.56 Å². The highest BCUT2D eigenvalue weighted by atomic mass is 28.3. The van der Waals surface area contributed by atoms with Crippen molar-refractivity contribution in [3.63, 3.8) is 0 Å². The summed E-state index contributed by atoms with van der Waals surface area (Å²) in [5, 5.41) is 14.1. The molecule has 0 saturated heterocycles. The van der Waals surface area contributed by atoms with Crippen LogP contribution in [0.5, 0.6) is 0 Å². The molecule has 0 bridgehead atoms. The SMILES string of the molecule is C#Cc1cccc2ccc3c([Si](C)(C)C)c4ccc5ccccc5c4c([Si](C)(C)C)c3c12. The van der Waals surface area contributed by atoms with Crippen LogP contribution in [0.3, 0.4) is 0 Å². The number of hydrogen-bond donors (Lipinski definition) is 0. The summed E-state index contributed by atoms with van der Waals surface area (Å²) in [7, 11) is -3.45. The van der Waals surface area contributed by atoms with Crippen LogP contribution in [0.1, 0.15) is 5.56 Å². The number of benzene rings is 5. The van der Waals surface area contributed by atoms with E-state index in [1.165, 1.54) is 43.1 Å². The molecule has 158 valence electrons.